The lowest BCUT2D eigenvalue weighted by atomic mass is 10.1. The van der Waals surface area contributed by atoms with E-state index < -0.39 is 24.0 Å². The molecule has 0 saturated carbocycles. The second kappa shape index (κ2) is 7.00. The van der Waals surface area contributed by atoms with Gasteiger partial charge in [-0.15, -0.1) is 0 Å². The third kappa shape index (κ3) is 4.03. The van der Waals surface area contributed by atoms with Crippen molar-refractivity contribution < 1.29 is 18.7 Å². The van der Waals surface area contributed by atoms with Gasteiger partial charge in [0.15, 0.2) is 6.04 Å². The van der Waals surface area contributed by atoms with E-state index in [0.29, 0.717) is 11.1 Å². The third-order valence-electron chi connectivity index (χ3n) is 2.88. The fourth-order valence-electron chi connectivity index (χ4n) is 1.60. The zero-order valence-corrected chi connectivity index (χ0v) is 11.8. The number of hydrogen-bond acceptors (Lipinski definition) is 4. The second-order valence-corrected chi connectivity index (χ2v) is 4.47. The number of halogens is 1. The Labute approximate surface area is 117 Å². The number of benzene rings is 1. The molecule has 0 aliphatic rings. The van der Waals surface area contributed by atoms with Crippen molar-refractivity contribution in [1.82, 2.24) is 5.32 Å². The second-order valence-electron chi connectivity index (χ2n) is 4.47. The predicted molar refractivity (Wildman–Crippen MR) is 72.3 cm³/mol. The molecule has 1 aromatic carbocycles. The van der Waals surface area contributed by atoms with Crippen LogP contribution in [-0.4, -0.2) is 24.5 Å². The number of carbonyl (C=O) groups excluding carboxylic acids is 2. The summed E-state index contributed by atoms with van der Waals surface area (Å²) in [6.07, 6.45) is 0. The van der Waals surface area contributed by atoms with Crippen molar-refractivity contribution in [2.75, 3.05) is 6.61 Å². The summed E-state index contributed by atoms with van der Waals surface area (Å²) in [7, 11) is 0. The van der Waals surface area contributed by atoms with Gasteiger partial charge in [-0.2, -0.15) is 0 Å². The molecule has 0 radical (unpaired) electrons. The lowest BCUT2D eigenvalue weighted by Crippen LogP contribution is -2.47. The first-order chi connectivity index (χ1) is 9.36. The molecule has 0 heterocycles. The molecule has 1 rings (SSSR count). The Morgan fingerprint density at radius 2 is 2.10 bits per heavy atom. The Bertz CT molecular complexity index is 505. The maximum absolute atomic E-state index is 13.5. The number of amides is 1. The topological polar surface area (TPSA) is 81.4 Å². The minimum Gasteiger partial charge on any atom is -0.464 e. The van der Waals surface area contributed by atoms with Crippen LogP contribution in [0.15, 0.2) is 18.2 Å². The summed E-state index contributed by atoms with van der Waals surface area (Å²) in [5.74, 6) is -1.79. The molecule has 3 N–H and O–H groups in total. The number of aryl methyl sites for hydroxylation is 1. The number of ether oxygens (including phenoxy) is 1. The maximum Gasteiger partial charge on any atom is 0.332 e. The molecule has 1 amide bonds. The van der Waals surface area contributed by atoms with Gasteiger partial charge < -0.3 is 15.8 Å². The van der Waals surface area contributed by atoms with Crippen LogP contribution in [-0.2, 0) is 14.3 Å². The third-order valence-corrected chi connectivity index (χ3v) is 2.88. The van der Waals surface area contributed by atoms with Gasteiger partial charge in [0.25, 0.3) is 0 Å². The molecule has 2 atom stereocenters. The molecule has 20 heavy (non-hydrogen) atoms. The molecule has 1 aromatic rings. The number of rotatable bonds is 5. The molecule has 2 unspecified atom stereocenters. The van der Waals surface area contributed by atoms with Gasteiger partial charge in [-0.05, 0) is 38.0 Å². The van der Waals surface area contributed by atoms with Crippen LogP contribution < -0.4 is 11.1 Å². The normalized spacial score (nSPS) is 13.4. The predicted octanol–water partition coefficient (Wildman–Crippen LogP) is 1.20. The van der Waals surface area contributed by atoms with Crippen molar-refractivity contribution in [3.63, 3.8) is 0 Å². The van der Waals surface area contributed by atoms with E-state index in [1.54, 1.807) is 32.9 Å². The van der Waals surface area contributed by atoms with Gasteiger partial charge in [-0.1, -0.05) is 12.1 Å². The van der Waals surface area contributed by atoms with Gasteiger partial charge in [0.2, 0.25) is 5.91 Å². The molecule has 0 aliphatic carbocycles. The van der Waals surface area contributed by atoms with E-state index in [-0.39, 0.29) is 12.4 Å². The van der Waals surface area contributed by atoms with Crippen LogP contribution in [0.3, 0.4) is 0 Å². The van der Waals surface area contributed by atoms with Crippen LogP contribution >= 0.6 is 0 Å². The Kier molecular flexibility index (Phi) is 5.64. The first-order valence-corrected chi connectivity index (χ1v) is 6.35. The monoisotopic (exact) mass is 282 g/mol. The molecular weight excluding hydrogens is 263 g/mol. The molecule has 5 nitrogen and oxygen atoms in total. The lowest BCUT2D eigenvalue weighted by molar-refractivity contribution is -0.148. The Morgan fingerprint density at radius 3 is 2.65 bits per heavy atom. The standard InChI is InChI=1S/C14H19FN2O3/c1-4-20-14(19)12(16)13(18)17-9(3)10-6-5-8(2)11(15)7-10/h5-7,9,12H,4,16H2,1-3H3,(H,17,18). The van der Waals surface area contributed by atoms with Crippen LogP contribution in [0.1, 0.15) is 31.0 Å². The summed E-state index contributed by atoms with van der Waals surface area (Å²) in [6, 6.07) is 2.83. The first kappa shape index (κ1) is 16.1. The zero-order chi connectivity index (χ0) is 15.3. The highest BCUT2D eigenvalue weighted by Gasteiger charge is 2.24. The summed E-state index contributed by atoms with van der Waals surface area (Å²) in [5, 5.41) is 2.55. The summed E-state index contributed by atoms with van der Waals surface area (Å²) >= 11 is 0. The molecule has 0 spiro atoms. The number of nitrogens with two attached hydrogens (primary N) is 1. The van der Waals surface area contributed by atoms with Crippen LogP contribution in [0, 0.1) is 12.7 Å². The van der Waals surface area contributed by atoms with Gasteiger partial charge in [0.05, 0.1) is 12.6 Å². The first-order valence-electron chi connectivity index (χ1n) is 6.35. The van der Waals surface area contributed by atoms with E-state index in [1.807, 2.05) is 0 Å². The van der Waals surface area contributed by atoms with Crippen molar-refractivity contribution in [2.24, 2.45) is 5.73 Å². The van der Waals surface area contributed by atoms with Gasteiger partial charge in [0, 0.05) is 0 Å². The minimum atomic E-state index is -1.38. The summed E-state index contributed by atoms with van der Waals surface area (Å²) in [4.78, 5) is 23.1. The van der Waals surface area contributed by atoms with Gasteiger partial charge >= 0.3 is 5.97 Å². The molecular formula is C14H19FN2O3. The average molecular weight is 282 g/mol. The van der Waals surface area contributed by atoms with Crippen LogP contribution in [0.25, 0.3) is 0 Å². The Balaban J connectivity index is 2.69. The van der Waals surface area contributed by atoms with Crippen LogP contribution in [0.4, 0.5) is 4.39 Å². The fourth-order valence-corrected chi connectivity index (χ4v) is 1.60. The molecule has 0 fully saturated rings. The van der Waals surface area contributed by atoms with Gasteiger partial charge in [0.1, 0.15) is 5.82 Å². The Morgan fingerprint density at radius 1 is 1.45 bits per heavy atom. The van der Waals surface area contributed by atoms with Crippen LogP contribution in [0.5, 0.6) is 0 Å². The molecule has 0 aromatic heterocycles. The maximum atomic E-state index is 13.5. The van der Waals surface area contributed by atoms with E-state index >= 15 is 0 Å². The highest BCUT2D eigenvalue weighted by molar-refractivity contribution is 6.01. The van der Waals surface area contributed by atoms with E-state index in [0.717, 1.165) is 0 Å². The quantitative estimate of drug-likeness (QED) is 0.628. The van der Waals surface area contributed by atoms with Crippen molar-refractivity contribution >= 4 is 11.9 Å². The van der Waals surface area contributed by atoms with Crippen LogP contribution in [0.2, 0.25) is 0 Å². The smallest absolute Gasteiger partial charge is 0.332 e. The zero-order valence-electron chi connectivity index (χ0n) is 11.8. The number of carbonyl (C=O) groups is 2. The average Bonchev–Trinajstić information content (AvgIpc) is 2.41. The summed E-state index contributed by atoms with van der Waals surface area (Å²) < 4.78 is 18.1. The van der Waals surface area contributed by atoms with Crippen molar-refractivity contribution in [2.45, 2.75) is 32.9 Å². The molecule has 0 saturated heterocycles. The minimum absolute atomic E-state index is 0.151. The SMILES string of the molecule is CCOC(=O)C(N)C(=O)NC(C)c1ccc(C)c(F)c1. The van der Waals surface area contributed by atoms with Gasteiger partial charge in [-0.25, -0.2) is 9.18 Å². The van der Waals surface area contributed by atoms with E-state index in [2.05, 4.69) is 10.1 Å². The highest BCUT2D eigenvalue weighted by Crippen LogP contribution is 2.16. The Hall–Kier alpha value is -1.95. The molecule has 0 aliphatic heterocycles. The fraction of sp³-hybridized carbons (Fsp3) is 0.429. The van der Waals surface area contributed by atoms with E-state index in [1.165, 1.54) is 6.07 Å². The van der Waals surface area contributed by atoms with Gasteiger partial charge in [-0.3, -0.25) is 4.79 Å². The number of nitrogens with one attached hydrogen (secondary N) is 1. The van der Waals surface area contributed by atoms with Crippen molar-refractivity contribution in [3.8, 4) is 0 Å². The van der Waals surface area contributed by atoms with E-state index in [4.69, 9.17) is 5.73 Å². The number of esters is 1. The van der Waals surface area contributed by atoms with Crippen molar-refractivity contribution in [3.05, 3.63) is 35.1 Å². The highest BCUT2D eigenvalue weighted by atomic mass is 19.1. The number of hydrogen-bond donors (Lipinski definition) is 2. The largest absolute Gasteiger partial charge is 0.464 e. The summed E-state index contributed by atoms with van der Waals surface area (Å²) in [6.45, 7) is 5.11. The lowest BCUT2D eigenvalue weighted by Gasteiger charge is -2.17. The molecule has 0 bridgehead atoms. The molecule has 110 valence electrons. The molecule has 6 heteroatoms. The van der Waals surface area contributed by atoms with E-state index in [9.17, 15) is 14.0 Å². The van der Waals surface area contributed by atoms with Crippen molar-refractivity contribution in [1.29, 1.82) is 0 Å². The summed E-state index contributed by atoms with van der Waals surface area (Å²) in [5.41, 5.74) is 6.59.